The standard InChI is InChI=1S/C27H27FN4O2S/c1-19-6-8-20(9-7-19)27-30-29-25(34-27)12-13-26(33)32-16-14-31(15-17-32)18-21-10-11-24(35-21)22-4-2-3-5-23(22)28/h2-11H,12-18H2,1H3. The Kier molecular flexibility index (Phi) is 7.01. The molecule has 6 nitrogen and oxygen atoms in total. The predicted octanol–water partition coefficient (Wildman–Crippen LogP) is 5.19. The molecule has 5 rings (SSSR count). The molecular formula is C27H27FN4O2S. The van der Waals surface area contributed by atoms with E-state index in [2.05, 4.69) is 21.2 Å². The van der Waals surface area contributed by atoms with Crippen LogP contribution in [0.25, 0.3) is 21.9 Å². The maximum Gasteiger partial charge on any atom is 0.247 e. The Morgan fingerprint density at radius 2 is 1.77 bits per heavy atom. The second-order valence-corrected chi connectivity index (χ2v) is 9.94. The van der Waals surface area contributed by atoms with Crippen LogP contribution in [0.4, 0.5) is 4.39 Å². The first kappa shape index (κ1) is 23.4. The first-order valence-corrected chi connectivity index (χ1v) is 12.6. The lowest BCUT2D eigenvalue weighted by Gasteiger charge is -2.34. The zero-order valence-corrected chi connectivity index (χ0v) is 20.4. The monoisotopic (exact) mass is 490 g/mol. The van der Waals surface area contributed by atoms with E-state index in [1.165, 1.54) is 16.5 Å². The van der Waals surface area contributed by atoms with E-state index in [1.807, 2.05) is 54.3 Å². The van der Waals surface area contributed by atoms with Gasteiger partial charge in [-0.25, -0.2) is 4.39 Å². The molecule has 1 aliphatic rings. The molecule has 4 aromatic rings. The van der Waals surface area contributed by atoms with Gasteiger partial charge in [-0.1, -0.05) is 35.9 Å². The van der Waals surface area contributed by atoms with E-state index >= 15 is 0 Å². The summed E-state index contributed by atoms with van der Waals surface area (Å²) in [4.78, 5) is 19.1. The minimum absolute atomic E-state index is 0.109. The second-order valence-electron chi connectivity index (χ2n) is 8.77. The molecule has 35 heavy (non-hydrogen) atoms. The summed E-state index contributed by atoms with van der Waals surface area (Å²) in [7, 11) is 0. The number of piperazine rings is 1. The normalized spacial score (nSPS) is 14.4. The van der Waals surface area contributed by atoms with Crippen LogP contribution in [-0.2, 0) is 17.8 Å². The highest BCUT2D eigenvalue weighted by Gasteiger charge is 2.22. The second kappa shape index (κ2) is 10.5. The zero-order chi connectivity index (χ0) is 24.2. The largest absolute Gasteiger partial charge is 0.421 e. The fraction of sp³-hybridized carbons (Fsp3) is 0.296. The van der Waals surface area contributed by atoms with E-state index in [4.69, 9.17) is 4.42 Å². The number of rotatable bonds is 7. The van der Waals surface area contributed by atoms with Gasteiger partial charge in [-0.05, 0) is 37.3 Å². The molecule has 0 saturated carbocycles. The molecular weight excluding hydrogens is 463 g/mol. The van der Waals surface area contributed by atoms with Crippen LogP contribution in [0.1, 0.15) is 22.8 Å². The van der Waals surface area contributed by atoms with Crippen LogP contribution >= 0.6 is 11.3 Å². The topological polar surface area (TPSA) is 62.5 Å². The van der Waals surface area contributed by atoms with Crippen molar-refractivity contribution in [2.45, 2.75) is 26.3 Å². The molecule has 0 N–H and O–H groups in total. The fourth-order valence-corrected chi connectivity index (χ4v) is 5.26. The van der Waals surface area contributed by atoms with Crippen LogP contribution in [0.3, 0.4) is 0 Å². The van der Waals surface area contributed by atoms with Gasteiger partial charge >= 0.3 is 0 Å². The van der Waals surface area contributed by atoms with Crippen LogP contribution in [-0.4, -0.2) is 52.1 Å². The third-order valence-corrected chi connectivity index (χ3v) is 7.33. The SMILES string of the molecule is Cc1ccc(-c2nnc(CCC(=O)N3CCN(Cc4ccc(-c5ccccc5F)s4)CC3)o2)cc1. The van der Waals surface area contributed by atoms with E-state index < -0.39 is 0 Å². The molecule has 3 heterocycles. The van der Waals surface area contributed by atoms with Gasteiger partial charge in [0.2, 0.25) is 17.7 Å². The number of amides is 1. The minimum atomic E-state index is -0.195. The number of aryl methyl sites for hydroxylation is 2. The Labute approximate surface area is 208 Å². The minimum Gasteiger partial charge on any atom is -0.421 e. The molecule has 2 aromatic carbocycles. The molecule has 0 spiro atoms. The van der Waals surface area contributed by atoms with Gasteiger partial charge in [-0.2, -0.15) is 0 Å². The Hall–Kier alpha value is -3.36. The number of carbonyl (C=O) groups is 1. The van der Waals surface area contributed by atoms with Gasteiger partial charge < -0.3 is 9.32 Å². The number of carbonyl (C=O) groups excluding carboxylic acids is 1. The van der Waals surface area contributed by atoms with E-state index in [9.17, 15) is 9.18 Å². The van der Waals surface area contributed by atoms with Crippen molar-refractivity contribution in [1.82, 2.24) is 20.0 Å². The van der Waals surface area contributed by atoms with Crippen LogP contribution in [0, 0.1) is 12.7 Å². The van der Waals surface area contributed by atoms with Crippen LogP contribution in [0.2, 0.25) is 0 Å². The van der Waals surface area contributed by atoms with Crippen molar-refractivity contribution >= 4 is 17.2 Å². The Morgan fingerprint density at radius 3 is 2.54 bits per heavy atom. The van der Waals surface area contributed by atoms with Gasteiger partial charge in [0.25, 0.3) is 0 Å². The number of nitrogens with zero attached hydrogens (tertiary/aromatic N) is 4. The number of hydrogen-bond acceptors (Lipinski definition) is 6. The molecule has 1 aliphatic heterocycles. The summed E-state index contributed by atoms with van der Waals surface area (Å²) in [6, 6.07) is 18.8. The molecule has 0 atom stereocenters. The Bertz CT molecular complexity index is 1290. The lowest BCUT2D eigenvalue weighted by molar-refractivity contribution is -0.133. The van der Waals surface area contributed by atoms with E-state index in [1.54, 1.807) is 17.4 Å². The lowest BCUT2D eigenvalue weighted by atomic mass is 10.1. The maximum atomic E-state index is 14.1. The third kappa shape index (κ3) is 5.66. The number of halogens is 1. The summed E-state index contributed by atoms with van der Waals surface area (Å²) >= 11 is 1.62. The fourth-order valence-electron chi connectivity index (χ4n) is 4.18. The van der Waals surface area contributed by atoms with Crippen molar-refractivity contribution in [3.63, 3.8) is 0 Å². The summed E-state index contributed by atoms with van der Waals surface area (Å²) in [5.74, 6) is 0.876. The number of benzene rings is 2. The molecule has 0 bridgehead atoms. The summed E-state index contributed by atoms with van der Waals surface area (Å²) in [5, 5.41) is 8.22. The molecule has 8 heteroatoms. The molecule has 1 amide bonds. The quantitative estimate of drug-likeness (QED) is 0.357. The predicted molar refractivity (Wildman–Crippen MR) is 134 cm³/mol. The van der Waals surface area contributed by atoms with E-state index in [0.29, 0.717) is 43.3 Å². The van der Waals surface area contributed by atoms with Crippen molar-refractivity contribution in [3.05, 3.63) is 82.8 Å². The van der Waals surface area contributed by atoms with Crippen molar-refractivity contribution < 1.29 is 13.6 Å². The number of aromatic nitrogens is 2. The van der Waals surface area contributed by atoms with Gasteiger partial charge in [-0.3, -0.25) is 9.69 Å². The Balaban J connectivity index is 1.09. The van der Waals surface area contributed by atoms with Crippen molar-refractivity contribution in [2.75, 3.05) is 26.2 Å². The van der Waals surface area contributed by atoms with Crippen LogP contribution < -0.4 is 0 Å². The molecule has 0 radical (unpaired) electrons. The number of thiophene rings is 1. The van der Waals surface area contributed by atoms with Gasteiger partial charge in [0, 0.05) is 66.4 Å². The molecule has 1 saturated heterocycles. The summed E-state index contributed by atoms with van der Waals surface area (Å²) in [6.07, 6.45) is 0.790. The van der Waals surface area contributed by atoms with Gasteiger partial charge in [0.1, 0.15) is 5.82 Å². The molecule has 0 unspecified atom stereocenters. The van der Waals surface area contributed by atoms with Gasteiger partial charge in [-0.15, -0.1) is 21.5 Å². The summed E-state index contributed by atoms with van der Waals surface area (Å²) < 4.78 is 19.8. The zero-order valence-electron chi connectivity index (χ0n) is 19.6. The van der Waals surface area contributed by atoms with Crippen LogP contribution in [0.5, 0.6) is 0 Å². The van der Waals surface area contributed by atoms with Gasteiger partial charge in [0.05, 0.1) is 0 Å². The smallest absolute Gasteiger partial charge is 0.247 e. The first-order chi connectivity index (χ1) is 17.0. The highest BCUT2D eigenvalue weighted by atomic mass is 32.1. The van der Waals surface area contributed by atoms with Crippen molar-refractivity contribution in [3.8, 4) is 21.9 Å². The number of hydrogen-bond donors (Lipinski definition) is 0. The van der Waals surface area contributed by atoms with Crippen molar-refractivity contribution in [2.24, 2.45) is 0 Å². The van der Waals surface area contributed by atoms with Gasteiger partial charge in [0.15, 0.2) is 0 Å². The first-order valence-electron chi connectivity index (χ1n) is 11.8. The van der Waals surface area contributed by atoms with Crippen molar-refractivity contribution in [1.29, 1.82) is 0 Å². The summed E-state index contributed by atoms with van der Waals surface area (Å²) in [6.45, 7) is 5.87. The van der Waals surface area contributed by atoms with E-state index in [0.717, 1.165) is 30.1 Å². The van der Waals surface area contributed by atoms with Crippen LogP contribution in [0.15, 0.2) is 65.1 Å². The Morgan fingerprint density at radius 1 is 1.00 bits per heavy atom. The molecule has 1 fully saturated rings. The maximum absolute atomic E-state index is 14.1. The highest BCUT2D eigenvalue weighted by molar-refractivity contribution is 7.15. The average Bonchev–Trinajstić information content (AvgIpc) is 3.54. The van der Waals surface area contributed by atoms with E-state index in [-0.39, 0.29) is 11.7 Å². The average molecular weight is 491 g/mol. The third-order valence-electron chi connectivity index (χ3n) is 6.22. The molecule has 0 aliphatic carbocycles. The highest BCUT2D eigenvalue weighted by Crippen LogP contribution is 2.30. The lowest BCUT2D eigenvalue weighted by Crippen LogP contribution is -2.48. The molecule has 2 aromatic heterocycles. The summed E-state index contributed by atoms with van der Waals surface area (Å²) in [5.41, 5.74) is 2.69. The molecule has 180 valence electrons.